The number of amides is 1. The summed E-state index contributed by atoms with van der Waals surface area (Å²) in [5, 5.41) is 30.0. The van der Waals surface area contributed by atoms with Crippen molar-refractivity contribution in [1.29, 1.82) is 0 Å². The summed E-state index contributed by atoms with van der Waals surface area (Å²) >= 11 is 22.7. The van der Waals surface area contributed by atoms with E-state index >= 15 is 0 Å². The van der Waals surface area contributed by atoms with Crippen LogP contribution >= 0.6 is 46.4 Å². The standard InChI is InChI=1S/C13H15N3O3.2C8H6Cl2O3/c1-7(2)13(3)12(19)15-10(16-13)9-8(11(17)18)5-4-6-14-9;2*1-13-7-5(10)3-2-4(9)6(7)8(11)12/h4-7H,1-3H3,(H,17,18)(H,15,16,19);2*2-3H,1H3,(H,11,12). The number of halogens is 4. The molecule has 2 aromatic carbocycles. The number of aromatic nitrogens is 1. The van der Waals surface area contributed by atoms with Gasteiger partial charge in [0.15, 0.2) is 17.3 Å². The lowest BCUT2D eigenvalue weighted by molar-refractivity contribution is -0.124. The highest BCUT2D eigenvalue weighted by atomic mass is 35.5. The summed E-state index contributed by atoms with van der Waals surface area (Å²) in [4.78, 5) is 53.0. The van der Waals surface area contributed by atoms with Crippen LogP contribution in [0, 0.1) is 5.92 Å². The first-order valence-corrected chi connectivity index (χ1v) is 14.1. The van der Waals surface area contributed by atoms with E-state index in [-0.39, 0.29) is 71.6 Å². The van der Waals surface area contributed by atoms with Gasteiger partial charge in [-0.15, -0.1) is 0 Å². The molecule has 4 rings (SSSR count). The molecule has 12 nitrogen and oxygen atoms in total. The maximum absolute atomic E-state index is 12.0. The Bertz CT molecular complexity index is 1590. The Balaban J connectivity index is 0.000000243. The van der Waals surface area contributed by atoms with Crippen molar-refractivity contribution in [3.05, 3.63) is 85.1 Å². The average Bonchev–Trinajstić information content (AvgIpc) is 3.30. The van der Waals surface area contributed by atoms with Crippen LogP contribution in [0.25, 0.3) is 0 Å². The number of rotatable bonds is 7. The number of methoxy groups -OCH3 is 2. The lowest BCUT2D eigenvalue weighted by Gasteiger charge is -2.21. The van der Waals surface area contributed by atoms with E-state index in [1.54, 1.807) is 6.92 Å². The van der Waals surface area contributed by atoms with Crippen LogP contribution in [0.3, 0.4) is 0 Å². The van der Waals surface area contributed by atoms with E-state index in [1.165, 1.54) is 56.8 Å². The molecule has 2 heterocycles. The molecule has 0 radical (unpaired) electrons. The SMILES string of the molecule is CC(C)C1(C)N=C(c2ncccc2C(=O)O)NC1=O.COc1c(Cl)ccc(Cl)c1C(=O)O.COc1c(Cl)ccc(Cl)c1C(=O)O. The molecular weight excluding hydrogens is 676 g/mol. The Hall–Kier alpha value is -4.10. The zero-order chi connectivity index (χ0) is 34.2. The van der Waals surface area contributed by atoms with Crippen molar-refractivity contribution in [2.75, 3.05) is 14.2 Å². The number of amidine groups is 1. The molecule has 0 aliphatic carbocycles. The first kappa shape index (κ1) is 37.1. The van der Waals surface area contributed by atoms with Crippen molar-refractivity contribution in [3.63, 3.8) is 0 Å². The monoisotopic (exact) mass is 701 g/mol. The lowest BCUT2D eigenvalue weighted by Crippen LogP contribution is -2.41. The minimum Gasteiger partial charge on any atom is -0.494 e. The molecule has 1 aliphatic rings. The maximum Gasteiger partial charge on any atom is 0.341 e. The van der Waals surface area contributed by atoms with E-state index in [4.69, 9.17) is 71.2 Å². The molecule has 240 valence electrons. The number of benzene rings is 2. The van der Waals surface area contributed by atoms with Crippen LogP contribution < -0.4 is 14.8 Å². The smallest absolute Gasteiger partial charge is 0.341 e. The molecule has 1 aromatic heterocycles. The van der Waals surface area contributed by atoms with E-state index in [1.807, 2.05) is 13.8 Å². The molecule has 1 amide bonds. The fourth-order valence-corrected chi connectivity index (χ4v) is 4.61. The van der Waals surface area contributed by atoms with Crippen molar-refractivity contribution in [3.8, 4) is 11.5 Å². The third-order valence-corrected chi connectivity index (χ3v) is 7.60. The number of nitrogens with one attached hydrogen (secondary N) is 1. The first-order chi connectivity index (χ1) is 21.0. The fourth-order valence-electron chi connectivity index (χ4n) is 3.68. The number of ether oxygens (including phenoxy) is 2. The molecule has 45 heavy (non-hydrogen) atoms. The number of pyridine rings is 1. The van der Waals surface area contributed by atoms with Gasteiger partial charge in [0, 0.05) is 6.20 Å². The predicted octanol–water partition coefficient (Wildman–Crippen LogP) is 6.47. The highest BCUT2D eigenvalue weighted by Gasteiger charge is 2.43. The van der Waals surface area contributed by atoms with Crippen LogP contribution in [-0.2, 0) is 4.79 Å². The second-order valence-electron chi connectivity index (χ2n) is 9.41. The summed E-state index contributed by atoms with van der Waals surface area (Å²) in [6.45, 7) is 5.51. The van der Waals surface area contributed by atoms with Gasteiger partial charge in [0.25, 0.3) is 5.91 Å². The van der Waals surface area contributed by atoms with Crippen LogP contribution in [0.1, 0.15) is 57.5 Å². The first-order valence-electron chi connectivity index (χ1n) is 12.6. The van der Waals surface area contributed by atoms with Crippen LogP contribution in [0.5, 0.6) is 11.5 Å². The quantitative estimate of drug-likeness (QED) is 0.213. The van der Waals surface area contributed by atoms with Gasteiger partial charge in [-0.2, -0.15) is 0 Å². The van der Waals surface area contributed by atoms with Gasteiger partial charge in [-0.1, -0.05) is 60.3 Å². The van der Waals surface area contributed by atoms with Crippen molar-refractivity contribution in [1.82, 2.24) is 10.3 Å². The topological polar surface area (TPSA) is 185 Å². The second-order valence-corrected chi connectivity index (χ2v) is 11.0. The van der Waals surface area contributed by atoms with Gasteiger partial charge in [-0.25, -0.2) is 19.4 Å². The maximum atomic E-state index is 12.0. The van der Waals surface area contributed by atoms with Crippen LogP contribution in [0.4, 0.5) is 0 Å². The average molecular weight is 703 g/mol. The molecule has 0 spiro atoms. The zero-order valence-corrected chi connectivity index (χ0v) is 27.3. The highest BCUT2D eigenvalue weighted by molar-refractivity contribution is 6.37. The van der Waals surface area contributed by atoms with Gasteiger partial charge in [-0.05, 0) is 49.2 Å². The van der Waals surface area contributed by atoms with Gasteiger partial charge in [0.1, 0.15) is 22.4 Å². The van der Waals surface area contributed by atoms with Crippen molar-refractivity contribution in [2.24, 2.45) is 10.9 Å². The number of aromatic carboxylic acids is 3. The van der Waals surface area contributed by atoms with Gasteiger partial charge < -0.3 is 30.1 Å². The summed E-state index contributed by atoms with van der Waals surface area (Å²) in [5.74, 6) is -3.27. The number of carbonyl (C=O) groups excluding carboxylic acids is 1. The van der Waals surface area contributed by atoms with Crippen molar-refractivity contribution >= 4 is 76.1 Å². The van der Waals surface area contributed by atoms with Gasteiger partial charge in [-0.3, -0.25) is 9.78 Å². The van der Waals surface area contributed by atoms with E-state index < -0.39 is 23.4 Å². The highest BCUT2D eigenvalue weighted by Crippen LogP contribution is 2.34. The Morgan fingerprint density at radius 1 is 0.800 bits per heavy atom. The van der Waals surface area contributed by atoms with Crippen LogP contribution in [-0.4, -0.2) is 69.7 Å². The molecule has 1 unspecified atom stereocenters. The van der Waals surface area contributed by atoms with Crippen LogP contribution in [0.2, 0.25) is 20.1 Å². The van der Waals surface area contributed by atoms with E-state index in [0.717, 1.165) is 0 Å². The number of carboxylic acid groups (broad SMARTS) is 3. The number of carboxylic acids is 3. The van der Waals surface area contributed by atoms with E-state index in [9.17, 15) is 19.2 Å². The van der Waals surface area contributed by atoms with Gasteiger partial charge in [0.2, 0.25) is 0 Å². The van der Waals surface area contributed by atoms with E-state index in [2.05, 4.69) is 15.3 Å². The Labute approximate surface area is 277 Å². The van der Waals surface area contributed by atoms with Gasteiger partial charge >= 0.3 is 17.9 Å². The van der Waals surface area contributed by atoms with Crippen molar-refractivity contribution in [2.45, 2.75) is 26.3 Å². The van der Waals surface area contributed by atoms with E-state index in [0.29, 0.717) is 0 Å². The number of nitrogens with zero attached hydrogens (tertiary/aromatic N) is 2. The number of aliphatic imine (C=N–C) groups is 1. The predicted molar refractivity (Wildman–Crippen MR) is 169 cm³/mol. The van der Waals surface area contributed by atoms with Gasteiger partial charge in [0.05, 0.1) is 39.9 Å². The Kier molecular flexibility index (Phi) is 13.0. The minimum atomic E-state index is -1.16. The molecule has 0 fully saturated rings. The fraction of sp³-hybridized carbons (Fsp3) is 0.241. The number of hydrogen-bond donors (Lipinski definition) is 4. The molecule has 0 saturated carbocycles. The molecule has 1 aliphatic heterocycles. The summed E-state index contributed by atoms with van der Waals surface area (Å²) in [6, 6.07) is 8.76. The van der Waals surface area contributed by atoms with Crippen LogP contribution in [0.15, 0.2) is 47.6 Å². The zero-order valence-electron chi connectivity index (χ0n) is 24.3. The third kappa shape index (κ3) is 8.54. The lowest BCUT2D eigenvalue weighted by atomic mass is 9.89. The summed E-state index contributed by atoms with van der Waals surface area (Å²) in [5.41, 5.74) is -0.904. The summed E-state index contributed by atoms with van der Waals surface area (Å²) in [7, 11) is 2.67. The molecular formula is C29H27Cl4N3O9. The minimum absolute atomic E-state index is 0.00184. The summed E-state index contributed by atoms with van der Waals surface area (Å²) < 4.78 is 9.64. The normalized spacial score (nSPS) is 15.1. The number of carbonyl (C=O) groups is 4. The summed E-state index contributed by atoms with van der Waals surface area (Å²) in [6.07, 6.45) is 1.47. The molecule has 0 saturated heterocycles. The molecule has 1 atom stereocenters. The third-order valence-electron chi connectivity index (χ3n) is 6.38. The molecule has 0 bridgehead atoms. The Morgan fingerprint density at radius 2 is 1.24 bits per heavy atom. The Morgan fingerprint density at radius 3 is 1.58 bits per heavy atom. The van der Waals surface area contributed by atoms with Crippen molar-refractivity contribution < 1.29 is 44.0 Å². The largest absolute Gasteiger partial charge is 0.494 e. The number of hydrogen-bond acceptors (Lipinski definition) is 8. The second kappa shape index (κ2) is 15.8. The molecule has 3 aromatic rings. The molecule has 16 heteroatoms. The molecule has 4 N–H and O–H groups in total.